The second-order valence-electron chi connectivity index (χ2n) is 5.39. The smallest absolute Gasteiger partial charge is 0.240 e. The number of halogens is 1. The minimum Gasteiger partial charge on any atom is -0.357 e. The van der Waals surface area contributed by atoms with Crippen LogP contribution in [-0.2, 0) is 23.1 Å². The van der Waals surface area contributed by atoms with E-state index in [4.69, 9.17) is 0 Å². The Labute approximate surface area is 172 Å². The van der Waals surface area contributed by atoms with Crippen LogP contribution in [-0.4, -0.2) is 28.0 Å². The van der Waals surface area contributed by atoms with Gasteiger partial charge in [0, 0.05) is 13.1 Å². The first kappa shape index (κ1) is 22.4. The van der Waals surface area contributed by atoms with Gasteiger partial charge in [0.2, 0.25) is 10.0 Å². The molecule has 6 nitrogen and oxygen atoms in total. The molecule has 0 aliphatic heterocycles. The van der Waals surface area contributed by atoms with E-state index in [1.807, 2.05) is 37.3 Å². The van der Waals surface area contributed by atoms with E-state index in [1.165, 1.54) is 7.05 Å². The van der Waals surface area contributed by atoms with Crippen molar-refractivity contribution in [3.8, 4) is 0 Å². The Kier molecular flexibility index (Phi) is 9.60. The van der Waals surface area contributed by atoms with E-state index in [9.17, 15) is 8.42 Å². The normalized spacial score (nSPS) is 11.5. The summed E-state index contributed by atoms with van der Waals surface area (Å²) < 4.78 is 25.8. The largest absolute Gasteiger partial charge is 0.357 e. The molecule has 2 rings (SSSR count). The highest BCUT2D eigenvalue weighted by Gasteiger charge is 2.10. The molecule has 3 N–H and O–H groups in total. The molecule has 0 radical (unpaired) electrons. The molecule has 0 aliphatic rings. The van der Waals surface area contributed by atoms with Crippen molar-refractivity contribution in [2.75, 3.05) is 13.6 Å². The van der Waals surface area contributed by atoms with Crippen molar-refractivity contribution < 1.29 is 8.42 Å². The average molecular weight is 488 g/mol. The average Bonchev–Trinajstić information content (AvgIpc) is 2.65. The van der Waals surface area contributed by atoms with Gasteiger partial charge in [0.05, 0.1) is 11.4 Å². The number of benzene rings is 2. The highest BCUT2D eigenvalue weighted by atomic mass is 127. The third-order valence-corrected chi connectivity index (χ3v) is 5.00. The molecule has 8 heteroatoms. The Morgan fingerprint density at radius 2 is 1.62 bits per heavy atom. The fourth-order valence-corrected chi connectivity index (χ4v) is 2.92. The maximum absolute atomic E-state index is 11.7. The van der Waals surface area contributed by atoms with Crippen LogP contribution in [0.3, 0.4) is 0 Å². The molecular weight excluding hydrogens is 463 g/mol. The summed E-state index contributed by atoms with van der Waals surface area (Å²) in [5.74, 6) is 0.721. The quantitative estimate of drug-likeness (QED) is 0.318. The number of nitrogens with one attached hydrogen (secondary N) is 3. The van der Waals surface area contributed by atoms with Gasteiger partial charge in [-0.3, -0.25) is 0 Å². The number of guanidine groups is 1. The van der Waals surface area contributed by atoms with E-state index < -0.39 is 10.0 Å². The molecule has 0 heterocycles. The molecule has 0 amide bonds. The topological polar surface area (TPSA) is 82.6 Å². The molecule has 0 saturated heterocycles. The number of sulfonamides is 1. The van der Waals surface area contributed by atoms with Crippen molar-refractivity contribution in [1.82, 2.24) is 15.4 Å². The van der Waals surface area contributed by atoms with E-state index in [1.54, 1.807) is 24.3 Å². The SMILES string of the molecule is CCNC(=NCc1ccccc1)NCc1ccc(S(=O)(=O)NC)cc1.I. The molecular formula is C18H25IN4O2S. The molecule has 0 unspecified atom stereocenters. The number of hydrogen-bond donors (Lipinski definition) is 3. The Hall–Kier alpha value is -1.65. The summed E-state index contributed by atoms with van der Waals surface area (Å²) in [5, 5.41) is 6.45. The van der Waals surface area contributed by atoms with E-state index in [0.29, 0.717) is 13.1 Å². The lowest BCUT2D eigenvalue weighted by Crippen LogP contribution is -2.36. The number of nitrogens with zero attached hydrogens (tertiary/aromatic N) is 1. The van der Waals surface area contributed by atoms with Gasteiger partial charge in [-0.05, 0) is 37.2 Å². The predicted octanol–water partition coefficient (Wildman–Crippen LogP) is 2.47. The van der Waals surface area contributed by atoms with Crippen LogP contribution >= 0.6 is 24.0 Å². The second-order valence-corrected chi connectivity index (χ2v) is 7.27. The van der Waals surface area contributed by atoms with Gasteiger partial charge in [-0.15, -0.1) is 24.0 Å². The Balaban J connectivity index is 0.00000338. The zero-order valence-electron chi connectivity index (χ0n) is 14.9. The Morgan fingerprint density at radius 3 is 2.19 bits per heavy atom. The standard InChI is InChI=1S/C18H24N4O2S.HI/c1-3-20-18(21-13-15-7-5-4-6-8-15)22-14-16-9-11-17(12-10-16)25(23,24)19-2;/h4-12,19H,3,13-14H2,1-2H3,(H2,20,21,22);1H. The number of aliphatic imine (C=N–C) groups is 1. The first-order valence-electron chi connectivity index (χ1n) is 8.13. The molecule has 2 aromatic rings. The highest BCUT2D eigenvalue weighted by Crippen LogP contribution is 2.10. The van der Waals surface area contributed by atoms with Gasteiger partial charge in [0.15, 0.2) is 5.96 Å². The lowest BCUT2D eigenvalue weighted by molar-refractivity contribution is 0.588. The summed E-state index contributed by atoms with van der Waals surface area (Å²) in [5.41, 5.74) is 2.11. The third-order valence-electron chi connectivity index (χ3n) is 3.57. The Morgan fingerprint density at radius 1 is 0.962 bits per heavy atom. The van der Waals surface area contributed by atoms with Gasteiger partial charge in [-0.25, -0.2) is 18.1 Å². The van der Waals surface area contributed by atoms with Gasteiger partial charge in [-0.2, -0.15) is 0 Å². The van der Waals surface area contributed by atoms with E-state index >= 15 is 0 Å². The minimum atomic E-state index is -3.40. The second kappa shape index (κ2) is 11.1. The lowest BCUT2D eigenvalue weighted by Gasteiger charge is -2.12. The van der Waals surface area contributed by atoms with Crippen LogP contribution in [0.5, 0.6) is 0 Å². The first-order valence-corrected chi connectivity index (χ1v) is 9.62. The van der Waals surface area contributed by atoms with Gasteiger partial charge in [-0.1, -0.05) is 42.5 Å². The Bertz CT molecular complexity index is 794. The van der Waals surface area contributed by atoms with Gasteiger partial charge >= 0.3 is 0 Å². The molecule has 26 heavy (non-hydrogen) atoms. The molecule has 0 spiro atoms. The molecule has 0 bridgehead atoms. The lowest BCUT2D eigenvalue weighted by atomic mass is 10.2. The van der Waals surface area contributed by atoms with E-state index in [2.05, 4.69) is 20.3 Å². The van der Waals surface area contributed by atoms with Crippen LogP contribution in [0.2, 0.25) is 0 Å². The van der Waals surface area contributed by atoms with Crippen LogP contribution < -0.4 is 15.4 Å². The van der Waals surface area contributed by atoms with Crippen LogP contribution in [0, 0.1) is 0 Å². The summed E-state index contributed by atoms with van der Waals surface area (Å²) in [7, 11) is -2.00. The predicted molar refractivity (Wildman–Crippen MR) is 116 cm³/mol. The third kappa shape index (κ3) is 6.93. The van der Waals surface area contributed by atoms with Gasteiger partial charge < -0.3 is 10.6 Å². The van der Waals surface area contributed by atoms with Crippen LogP contribution in [0.25, 0.3) is 0 Å². The highest BCUT2D eigenvalue weighted by molar-refractivity contribution is 14.0. The van der Waals surface area contributed by atoms with Crippen molar-refractivity contribution in [1.29, 1.82) is 0 Å². The molecule has 142 valence electrons. The van der Waals surface area contributed by atoms with Crippen LogP contribution in [0.15, 0.2) is 64.5 Å². The summed E-state index contributed by atoms with van der Waals surface area (Å²) in [6, 6.07) is 16.8. The van der Waals surface area contributed by atoms with Crippen molar-refractivity contribution >= 4 is 40.0 Å². The van der Waals surface area contributed by atoms with Crippen molar-refractivity contribution in [3.05, 3.63) is 65.7 Å². The molecule has 0 saturated carbocycles. The number of rotatable bonds is 7. The first-order chi connectivity index (χ1) is 12.0. The summed E-state index contributed by atoms with van der Waals surface area (Å²) in [4.78, 5) is 4.81. The molecule has 0 aromatic heterocycles. The van der Waals surface area contributed by atoms with Crippen LogP contribution in [0.4, 0.5) is 0 Å². The maximum Gasteiger partial charge on any atom is 0.240 e. The summed E-state index contributed by atoms with van der Waals surface area (Å²) >= 11 is 0. The fraction of sp³-hybridized carbons (Fsp3) is 0.278. The fourth-order valence-electron chi connectivity index (χ4n) is 2.19. The van der Waals surface area contributed by atoms with E-state index in [0.717, 1.165) is 23.6 Å². The van der Waals surface area contributed by atoms with Crippen LogP contribution in [0.1, 0.15) is 18.1 Å². The summed E-state index contributed by atoms with van der Waals surface area (Å²) in [6.45, 7) is 3.92. The van der Waals surface area contributed by atoms with Crippen molar-refractivity contribution in [2.24, 2.45) is 4.99 Å². The van der Waals surface area contributed by atoms with Crippen molar-refractivity contribution in [3.63, 3.8) is 0 Å². The van der Waals surface area contributed by atoms with Gasteiger partial charge in [0.1, 0.15) is 0 Å². The zero-order valence-corrected chi connectivity index (χ0v) is 18.0. The van der Waals surface area contributed by atoms with Crippen molar-refractivity contribution in [2.45, 2.75) is 24.9 Å². The zero-order chi connectivity index (χ0) is 18.1. The summed E-state index contributed by atoms with van der Waals surface area (Å²) in [6.07, 6.45) is 0. The molecule has 0 fully saturated rings. The van der Waals surface area contributed by atoms with Gasteiger partial charge in [0.25, 0.3) is 0 Å². The molecule has 2 aromatic carbocycles. The molecule has 0 aliphatic carbocycles. The maximum atomic E-state index is 11.7. The monoisotopic (exact) mass is 488 g/mol. The van der Waals surface area contributed by atoms with E-state index in [-0.39, 0.29) is 28.9 Å². The molecule has 0 atom stereocenters. The minimum absolute atomic E-state index is 0. The number of hydrogen-bond acceptors (Lipinski definition) is 3.